The van der Waals surface area contributed by atoms with Gasteiger partial charge in [-0.2, -0.15) is 0 Å². The van der Waals surface area contributed by atoms with E-state index < -0.39 is 29.5 Å². The molecule has 1 aliphatic rings. The zero-order valence-corrected chi connectivity index (χ0v) is 21.5. The van der Waals surface area contributed by atoms with Crippen LogP contribution in [0, 0.1) is 5.41 Å². The van der Waals surface area contributed by atoms with Gasteiger partial charge in [-0.05, 0) is 35.6 Å². The van der Waals surface area contributed by atoms with Crippen LogP contribution in [-0.2, 0) is 6.54 Å². The van der Waals surface area contributed by atoms with Crippen molar-refractivity contribution in [3.05, 3.63) is 71.8 Å². The molecule has 1 aliphatic heterocycles. The molecule has 0 radical (unpaired) electrons. The molecule has 11 heteroatoms. The molecule has 38 heavy (non-hydrogen) atoms. The third kappa shape index (κ3) is 5.88. The van der Waals surface area contributed by atoms with Crippen molar-refractivity contribution in [2.75, 3.05) is 12.3 Å². The van der Waals surface area contributed by atoms with E-state index in [1.165, 1.54) is 11.1 Å². The van der Waals surface area contributed by atoms with E-state index in [9.17, 15) is 19.5 Å². The number of carbonyl (C=O) groups excluding carboxylic acids is 2. The maximum Gasteiger partial charge on any atom is 0.407 e. The van der Waals surface area contributed by atoms with Crippen molar-refractivity contribution in [1.82, 2.24) is 30.5 Å². The van der Waals surface area contributed by atoms with E-state index in [0.717, 1.165) is 5.56 Å². The van der Waals surface area contributed by atoms with Crippen LogP contribution in [0.25, 0.3) is 11.3 Å². The minimum atomic E-state index is -1.02. The second-order valence-corrected chi connectivity index (χ2v) is 10.3. The molecule has 1 unspecified atom stereocenters. The molecule has 1 fully saturated rings. The van der Waals surface area contributed by atoms with Crippen LogP contribution in [0.2, 0.25) is 0 Å². The largest absolute Gasteiger partial charge is 0.465 e. The van der Waals surface area contributed by atoms with Crippen LogP contribution < -0.4 is 16.4 Å². The van der Waals surface area contributed by atoms with Gasteiger partial charge in [0.15, 0.2) is 11.5 Å². The van der Waals surface area contributed by atoms with Gasteiger partial charge in [0.2, 0.25) is 0 Å². The fourth-order valence-electron chi connectivity index (χ4n) is 4.78. The number of amides is 3. The zero-order chi connectivity index (χ0) is 27.4. The number of aromatic nitrogens is 3. The van der Waals surface area contributed by atoms with Crippen molar-refractivity contribution in [2.45, 2.75) is 45.8 Å². The molecule has 198 valence electrons. The summed E-state index contributed by atoms with van der Waals surface area (Å²) in [7, 11) is 0. The highest BCUT2D eigenvalue weighted by molar-refractivity contribution is 5.97. The quantitative estimate of drug-likeness (QED) is 0.388. The van der Waals surface area contributed by atoms with Crippen molar-refractivity contribution in [3.63, 3.8) is 0 Å². The Morgan fingerprint density at radius 2 is 1.92 bits per heavy atom. The number of anilines is 1. The Morgan fingerprint density at radius 1 is 1.13 bits per heavy atom. The predicted molar refractivity (Wildman–Crippen MR) is 141 cm³/mol. The SMILES string of the molecule is CC(C)(C)C1[C@@H](NC(=O)c2nc(-c3cccc(C(=O)NCc4cccnc4)c3)cnc2N)CCN1C(=O)O. The lowest BCUT2D eigenvalue weighted by molar-refractivity contribution is 0.0823. The molecule has 4 rings (SSSR count). The highest BCUT2D eigenvalue weighted by atomic mass is 16.4. The molecular formula is C27H31N7O4. The third-order valence-corrected chi connectivity index (χ3v) is 6.46. The highest BCUT2D eigenvalue weighted by Gasteiger charge is 2.44. The first-order chi connectivity index (χ1) is 18.0. The van der Waals surface area contributed by atoms with Gasteiger partial charge < -0.3 is 26.4 Å². The minimum absolute atomic E-state index is 0.0444. The van der Waals surface area contributed by atoms with Crippen molar-refractivity contribution >= 4 is 23.7 Å². The van der Waals surface area contributed by atoms with Crippen LogP contribution in [-0.4, -0.2) is 61.5 Å². The molecule has 0 bridgehead atoms. The highest BCUT2D eigenvalue weighted by Crippen LogP contribution is 2.33. The average molecular weight is 518 g/mol. The lowest BCUT2D eigenvalue weighted by Gasteiger charge is -2.37. The lowest BCUT2D eigenvalue weighted by atomic mass is 9.82. The number of nitrogens with two attached hydrogens (primary N) is 1. The van der Waals surface area contributed by atoms with Gasteiger partial charge in [0.25, 0.3) is 11.8 Å². The monoisotopic (exact) mass is 517 g/mol. The molecule has 3 aromatic rings. The maximum atomic E-state index is 13.2. The fraction of sp³-hybridized carbons (Fsp3) is 0.333. The minimum Gasteiger partial charge on any atom is -0.465 e. The van der Waals surface area contributed by atoms with E-state index in [1.807, 2.05) is 26.8 Å². The standard InChI is InChI=1S/C27H31N7O4/c1-27(2,3)22-19(9-11-34(22)26(37)38)33-25(36)21-23(28)30-15-20(32-21)17-7-4-8-18(12-17)24(35)31-14-16-6-5-10-29-13-16/h4-8,10,12-13,15,19,22H,9,11,14H2,1-3H3,(H2,28,30)(H,31,35)(H,33,36)(H,37,38)/t19-,22?/m0/s1. The van der Waals surface area contributed by atoms with Crippen LogP contribution in [0.4, 0.5) is 10.6 Å². The number of hydrogen-bond donors (Lipinski definition) is 4. The van der Waals surface area contributed by atoms with Gasteiger partial charge in [-0.1, -0.05) is 39.0 Å². The van der Waals surface area contributed by atoms with Gasteiger partial charge in [-0.3, -0.25) is 14.6 Å². The van der Waals surface area contributed by atoms with E-state index in [2.05, 4.69) is 25.6 Å². The lowest BCUT2D eigenvalue weighted by Crippen LogP contribution is -2.53. The predicted octanol–water partition coefficient (Wildman–Crippen LogP) is 2.95. The number of benzene rings is 1. The summed E-state index contributed by atoms with van der Waals surface area (Å²) in [6, 6.07) is 9.68. The van der Waals surface area contributed by atoms with Gasteiger partial charge >= 0.3 is 6.09 Å². The summed E-state index contributed by atoms with van der Waals surface area (Å²) in [6.07, 6.45) is 4.24. The number of nitrogen functional groups attached to an aromatic ring is 1. The summed E-state index contributed by atoms with van der Waals surface area (Å²) in [6.45, 7) is 6.46. The number of rotatable bonds is 6. The first kappa shape index (κ1) is 26.5. The van der Waals surface area contributed by atoms with Crippen molar-refractivity contribution in [1.29, 1.82) is 0 Å². The maximum absolute atomic E-state index is 13.2. The van der Waals surface area contributed by atoms with Gasteiger partial charge in [0, 0.05) is 36.6 Å². The van der Waals surface area contributed by atoms with E-state index >= 15 is 0 Å². The van der Waals surface area contributed by atoms with Gasteiger partial charge in [0.05, 0.1) is 24.0 Å². The van der Waals surface area contributed by atoms with E-state index in [1.54, 1.807) is 42.7 Å². The van der Waals surface area contributed by atoms with E-state index in [0.29, 0.717) is 36.3 Å². The molecule has 1 saturated heterocycles. The number of hydrogen-bond acceptors (Lipinski definition) is 7. The summed E-state index contributed by atoms with van der Waals surface area (Å²) in [5, 5.41) is 15.4. The normalized spacial score (nSPS) is 17.2. The first-order valence-electron chi connectivity index (χ1n) is 12.2. The number of carboxylic acid groups (broad SMARTS) is 1. The summed E-state index contributed by atoms with van der Waals surface area (Å²) in [4.78, 5) is 51.7. The topological polar surface area (TPSA) is 163 Å². The van der Waals surface area contributed by atoms with Crippen LogP contribution in [0.3, 0.4) is 0 Å². The Balaban J connectivity index is 1.52. The molecule has 1 aromatic carbocycles. The Kier molecular flexibility index (Phi) is 7.56. The van der Waals surface area contributed by atoms with Gasteiger partial charge in [-0.15, -0.1) is 0 Å². The number of carbonyl (C=O) groups is 3. The van der Waals surface area contributed by atoms with E-state index in [-0.39, 0.29) is 17.4 Å². The summed E-state index contributed by atoms with van der Waals surface area (Å²) in [5.41, 5.74) is 7.80. The zero-order valence-electron chi connectivity index (χ0n) is 21.5. The second kappa shape index (κ2) is 10.8. The molecule has 2 aromatic heterocycles. The molecule has 3 amide bonds. The fourth-order valence-corrected chi connectivity index (χ4v) is 4.78. The molecular weight excluding hydrogens is 486 g/mol. The van der Waals surface area contributed by atoms with Crippen molar-refractivity contribution in [2.24, 2.45) is 5.41 Å². The van der Waals surface area contributed by atoms with Crippen molar-refractivity contribution in [3.8, 4) is 11.3 Å². The molecule has 3 heterocycles. The molecule has 11 nitrogen and oxygen atoms in total. The molecule has 5 N–H and O–H groups in total. The Bertz CT molecular complexity index is 1340. The van der Waals surface area contributed by atoms with E-state index in [4.69, 9.17) is 5.73 Å². The molecule has 0 spiro atoms. The van der Waals surface area contributed by atoms with Crippen molar-refractivity contribution < 1.29 is 19.5 Å². The van der Waals surface area contributed by atoms with Gasteiger partial charge in [0.1, 0.15) is 0 Å². The Labute approximate surface area is 220 Å². The number of likely N-dealkylation sites (tertiary alicyclic amines) is 1. The van der Waals surface area contributed by atoms with Crippen LogP contribution in [0.1, 0.15) is 53.6 Å². The number of nitrogens with one attached hydrogen (secondary N) is 2. The number of pyridine rings is 1. The van der Waals surface area contributed by atoms with Crippen LogP contribution in [0.5, 0.6) is 0 Å². The molecule has 0 aliphatic carbocycles. The summed E-state index contributed by atoms with van der Waals surface area (Å²) in [5.74, 6) is -0.847. The van der Waals surface area contributed by atoms with Gasteiger partial charge in [-0.25, -0.2) is 14.8 Å². The van der Waals surface area contributed by atoms with Crippen LogP contribution in [0.15, 0.2) is 55.0 Å². The average Bonchev–Trinajstić information content (AvgIpc) is 3.33. The second-order valence-electron chi connectivity index (χ2n) is 10.3. The van der Waals surface area contributed by atoms with Crippen LogP contribution >= 0.6 is 0 Å². The third-order valence-electron chi connectivity index (χ3n) is 6.46. The smallest absolute Gasteiger partial charge is 0.407 e. The Morgan fingerprint density at radius 3 is 2.61 bits per heavy atom. The number of nitrogens with zero attached hydrogens (tertiary/aromatic N) is 4. The molecule has 2 atom stereocenters. The summed E-state index contributed by atoms with van der Waals surface area (Å²) < 4.78 is 0. The summed E-state index contributed by atoms with van der Waals surface area (Å²) >= 11 is 0. The molecule has 0 saturated carbocycles. The first-order valence-corrected chi connectivity index (χ1v) is 12.2. The Hall–Kier alpha value is -4.54.